The van der Waals surface area contributed by atoms with Crippen LogP contribution in [0.2, 0.25) is 0 Å². The van der Waals surface area contributed by atoms with E-state index in [1.165, 1.54) is 11.0 Å². The Hall–Kier alpha value is -4.45. The zero-order valence-corrected chi connectivity index (χ0v) is 22.1. The highest BCUT2D eigenvalue weighted by Crippen LogP contribution is 2.30. The van der Waals surface area contributed by atoms with Crippen LogP contribution < -0.4 is 19.5 Å². The zero-order chi connectivity index (χ0) is 27.9. The number of nitrogens with one attached hydrogen (secondary N) is 1. The number of furan rings is 1. The molecule has 0 spiro atoms. The topological polar surface area (TPSA) is 116 Å². The summed E-state index contributed by atoms with van der Waals surface area (Å²) in [5.74, 6) is 0.799. The Bertz CT molecular complexity index is 1420. The van der Waals surface area contributed by atoms with Crippen LogP contribution in [0, 0.1) is 15.9 Å². The van der Waals surface area contributed by atoms with E-state index in [4.69, 9.17) is 30.8 Å². The van der Waals surface area contributed by atoms with Crippen LogP contribution in [0.15, 0.2) is 58.6 Å². The monoisotopic (exact) mass is 555 g/mol. The van der Waals surface area contributed by atoms with Crippen molar-refractivity contribution in [1.29, 1.82) is 0 Å². The SMILES string of the molecule is CCOc1ccc(CCN2C(=O)/C(=C\c3ccc(COc4cc(F)ccc4[N+](=O)[O-])o3)NC2=S)cc1OCC. The number of benzene rings is 2. The van der Waals surface area contributed by atoms with Gasteiger partial charge in [-0.2, -0.15) is 0 Å². The molecular weight excluding hydrogens is 529 g/mol. The summed E-state index contributed by atoms with van der Waals surface area (Å²) in [6.45, 7) is 5.00. The smallest absolute Gasteiger partial charge is 0.311 e. The molecule has 1 aromatic heterocycles. The number of amides is 1. The molecule has 1 N–H and O–H groups in total. The van der Waals surface area contributed by atoms with Crippen molar-refractivity contribution in [2.45, 2.75) is 26.9 Å². The molecule has 2 heterocycles. The van der Waals surface area contributed by atoms with Gasteiger partial charge in [0.15, 0.2) is 22.4 Å². The second-order valence-corrected chi connectivity index (χ2v) is 8.69. The van der Waals surface area contributed by atoms with Crippen LogP contribution in [-0.4, -0.2) is 40.6 Å². The maximum atomic E-state index is 13.5. The summed E-state index contributed by atoms with van der Waals surface area (Å²) < 4.78 is 35.9. The molecule has 1 aliphatic heterocycles. The summed E-state index contributed by atoms with van der Waals surface area (Å²) in [6, 6.07) is 11.8. The van der Waals surface area contributed by atoms with Crippen molar-refractivity contribution in [2.24, 2.45) is 0 Å². The van der Waals surface area contributed by atoms with E-state index >= 15 is 0 Å². The highest BCUT2D eigenvalue weighted by atomic mass is 32.1. The van der Waals surface area contributed by atoms with E-state index in [1.54, 1.807) is 12.1 Å². The molecule has 10 nitrogen and oxygen atoms in total. The van der Waals surface area contributed by atoms with Gasteiger partial charge in [0.25, 0.3) is 5.91 Å². The fourth-order valence-corrected chi connectivity index (χ4v) is 4.15. The van der Waals surface area contributed by atoms with Crippen LogP contribution in [0.4, 0.5) is 10.1 Å². The Labute approximate surface area is 229 Å². The fourth-order valence-electron chi connectivity index (χ4n) is 3.86. The van der Waals surface area contributed by atoms with Crippen molar-refractivity contribution in [3.63, 3.8) is 0 Å². The summed E-state index contributed by atoms with van der Waals surface area (Å²) in [5.41, 5.74) is 0.840. The molecule has 2 aromatic carbocycles. The third kappa shape index (κ3) is 6.71. The Morgan fingerprint density at radius 3 is 2.56 bits per heavy atom. The molecular formula is C27H26FN3O7S. The van der Waals surface area contributed by atoms with Gasteiger partial charge in [-0.25, -0.2) is 4.39 Å². The second kappa shape index (κ2) is 12.4. The van der Waals surface area contributed by atoms with Crippen molar-refractivity contribution in [1.82, 2.24) is 10.2 Å². The van der Waals surface area contributed by atoms with Crippen molar-refractivity contribution in [2.75, 3.05) is 19.8 Å². The number of carbonyl (C=O) groups is 1. The number of halogens is 1. The van der Waals surface area contributed by atoms with Gasteiger partial charge < -0.3 is 23.9 Å². The number of hydrogen-bond donors (Lipinski definition) is 1. The lowest BCUT2D eigenvalue weighted by molar-refractivity contribution is -0.386. The highest BCUT2D eigenvalue weighted by molar-refractivity contribution is 7.80. The number of rotatable bonds is 12. The van der Waals surface area contributed by atoms with Gasteiger partial charge in [0.1, 0.15) is 29.6 Å². The maximum absolute atomic E-state index is 13.5. The third-order valence-electron chi connectivity index (χ3n) is 5.65. The largest absolute Gasteiger partial charge is 0.490 e. The lowest BCUT2D eigenvalue weighted by Crippen LogP contribution is -2.32. The molecule has 1 aliphatic rings. The molecule has 4 rings (SSSR count). The predicted octanol–water partition coefficient (Wildman–Crippen LogP) is 5.00. The number of nitro groups is 1. The molecule has 204 valence electrons. The van der Waals surface area contributed by atoms with Crippen molar-refractivity contribution in [3.8, 4) is 17.2 Å². The first-order chi connectivity index (χ1) is 18.8. The Balaban J connectivity index is 1.39. The zero-order valence-electron chi connectivity index (χ0n) is 21.3. The molecule has 1 amide bonds. The average Bonchev–Trinajstić information content (AvgIpc) is 3.46. The number of ether oxygens (including phenoxy) is 3. The standard InChI is InChI=1S/C27H26FN3O7S/c1-3-35-23-10-5-17(13-25(23)36-4-2)11-12-30-26(32)21(29-27(30)39)15-19-7-8-20(38-19)16-37-24-14-18(28)6-9-22(24)31(33)34/h5-10,13-15H,3-4,11-12,16H2,1-2H3,(H,29,39)/b21-15+. The summed E-state index contributed by atoms with van der Waals surface area (Å²) >= 11 is 5.37. The highest BCUT2D eigenvalue weighted by Gasteiger charge is 2.30. The fraction of sp³-hybridized carbons (Fsp3) is 0.259. The summed E-state index contributed by atoms with van der Waals surface area (Å²) in [6.07, 6.45) is 2.05. The van der Waals surface area contributed by atoms with Crippen LogP contribution in [0.25, 0.3) is 6.08 Å². The van der Waals surface area contributed by atoms with Gasteiger partial charge in [0.2, 0.25) is 0 Å². The van der Waals surface area contributed by atoms with Crippen molar-refractivity contribution in [3.05, 3.63) is 87.2 Å². The van der Waals surface area contributed by atoms with Gasteiger partial charge in [-0.05, 0) is 68.4 Å². The van der Waals surface area contributed by atoms with E-state index in [0.717, 1.165) is 23.8 Å². The Kier molecular flexibility index (Phi) is 8.77. The molecule has 1 saturated heterocycles. The minimum absolute atomic E-state index is 0.175. The van der Waals surface area contributed by atoms with E-state index < -0.39 is 10.7 Å². The first-order valence-corrected chi connectivity index (χ1v) is 12.6. The quantitative estimate of drug-likeness (QED) is 0.143. The number of carbonyl (C=O) groups excluding carboxylic acids is 1. The van der Waals surface area contributed by atoms with Gasteiger partial charge in [-0.1, -0.05) is 6.07 Å². The maximum Gasteiger partial charge on any atom is 0.311 e. The molecule has 39 heavy (non-hydrogen) atoms. The van der Waals surface area contributed by atoms with Gasteiger partial charge in [-0.3, -0.25) is 19.8 Å². The minimum Gasteiger partial charge on any atom is -0.490 e. The molecule has 0 radical (unpaired) electrons. The van der Waals surface area contributed by atoms with Gasteiger partial charge in [0, 0.05) is 24.8 Å². The molecule has 3 aromatic rings. The third-order valence-corrected chi connectivity index (χ3v) is 5.97. The first-order valence-electron chi connectivity index (χ1n) is 12.2. The van der Waals surface area contributed by atoms with E-state index in [-0.39, 0.29) is 34.8 Å². The molecule has 0 aliphatic carbocycles. The molecule has 0 saturated carbocycles. The normalized spacial score (nSPS) is 14.0. The molecule has 0 atom stereocenters. The van der Waals surface area contributed by atoms with Gasteiger partial charge in [-0.15, -0.1) is 0 Å². The van der Waals surface area contributed by atoms with E-state index in [9.17, 15) is 19.3 Å². The van der Waals surface area contributed by atoms with Crippen LogP contribution in [0.1, 0.15) is 30.9 Å². The number of thiocarbonyl (C=S) groups is 1. The van der Waals surface area contributed by atoms with Crippen molar-refractivity contribution >= 4 is 35.0 Å². The summed E-state index contributed by atoms with van der Waals surface area (Å²) in [5, 5.41) is 14.3. The molecule has 12 heteroatoms. The molecule has 0 unspecified atom stereocenters. The van der Waals surface area contributed by atoms with Gasteiger partial charge >= 0.3 is 5.69 Å². The number of nitrogens with zero attached hydrogens (tertiary/aromatic N) is 2. The Morgan fingerprint density at radius 1 is 1.05 bits per heavy atom. The van der Waals surface area contributed by atoms with Crippen LogP contribution in [-0.2, 0) is 17.8 Å². The van der Waals surface area contributed by atoms with Crippen LogP contribution in [0.3, 0.4) is 0 Å². The van der Waals surface area contributed by atoms with E-state index in [1.807, 2.05) is 32.0 Å². The number of hydrogen-bond acceptors (Lipinski definition) is 8. The van der Waals surface area contributed by atoms with Crippen molar-refractivity contribution < 1.29 is 32.7 Å². The van der Waals surface area contributed by atoms with Crippen LogP contribution in [0.5, 0.6) is 17.2 Å². The first kappa shape index (κ1) is 27.6. The summed E-state index contributed by atoms with van der Waals surface area (Å²) in [7, 11) is 0. The molecule has 0 bridgehead atoms. The van der Waals surface area contributed by atoms with E-state index in [0.29, 0.717) is 49.2 Å². The second-order valence-electron chi connectivity index (χ2n) is 8.30. The summed E-state index contributed by atoms with van der Waals surface area (Å²) in [4.78, 5) is 24.9. The lowest BCUT2D eigenvalue weighted by Gasteiger charge is -2.15. The predicted molar refractivity (Wildman–Crippen MR) is 144 cm³/mol. The number of nitro benzene ring substituents is 1. The van der Waals surface area contributed by atoms with E-state index in [2.05, 4.69) is 5.32 Å². The van der Waals surface area contributed by atoms with Gasteiger partial charge in [0.05, 0.1) is 18.1 Å². The Morgan fingerprint density at radius 2 is 1.82 bits per heavy atom. The van der Waals surface area contributed by atoms with Crippen LogP contribution >= 0.6 is 12.2 Å². The lowest BCUT2D eigenvalue weighted by atomic mass is 10.1. The average molecular weight is 556 g/mol. The minimum atomic E-state index is -0.663. The molecule has 1 fully saturated rings.